The first kappa shape index (κ1) is 13.5. The van der Waals surface area contributed by atoms with Crippen molar-refractivity contribution in [2.24, 2.45) is 0 Å². The predicted octanol–water partition coefficient (Wildman–Crippen LogP) is 1.45. The van der Waals surface area contributed by atoms with E-state index in [0.717, 1.165) is 5.69 Å². The lowest BCUT2D eigenvalue weighted by atomic mass is 10.2. The molecule has 5 heteroatoms. The van der Waals surface area contributed by atoms with Crippen molar-refractivity contribution >= 4 is 15.5 Å². The summed E-state index contributed by atoms with van der Waals surface area (Å²) >= 11 is 0. The monoisotopic (exact) mass is 252 g/mol. The Morgan fingerprint density at radius 1 is 1.24 bits per heavy atom. The molecule has 0 amide bonds. The van der Waals surface area contributed by atoms with Crippen molar-refractivity contribution in [3.63, 3.8) is 0 Å². The van der Waals surface area contributed by atoms with E-state index in [1.807, 2.05) is 35.2 Å². The smallest absolute Gasteiger partial charge is 0.149 e. The van der Waals surface area contributed by atoms with Crippen molar-refractivity contribution in [3.8, 4) is 6.07 Å². The Kier molecular flexibility index (Phi) is 4.98. The van der Waals surface area contributed by atoms with Gasteiger partial charge >= 0.3 is 0 Å². The molecule has 0 fully saturated rings. The normalized spacial score (nSPS) is 10.8. The summed E-state index contributed by atoms with van der Waals surface area (Å²) in [5.41, 5.74) is 0.950. The molecule has 0 aromatic heterocycles. The van der Waals surface area contributed by atoms with E-state index >= 15 is 0 Å². The highest BCUT2D eigenvalue weighted by Gasteiger charge is 2.09. The minimum atomic E-state index is -2.98. The van der Waals surface area contributed by atoms with Crippen LogP contribution in [0.1, 0.15) is 6.42 Å². The van der Waals surface area contributed by atoms with Crippen LogP contribution in [0.5, 0.6) is 0 Å². The quantitative estimate of drug-likeness (QED) is 0.769. The highest BCUT2D eigenvalue weighted by molar-refractivity contribution is 7.90. The van der Waals surface area contributed by atoms with E-state index < -0.39 is 9.84 Å². The number of para-hydroxylation sites is 1. The Hall–Kier alpha value is -1.54. The van der Waals surface area contributed by atoms with Gasteiger partial charge in [-0.25, -0.2) is 8.42 Å². The zero-order valence-corrected chi connectivity index (χ0v) is 10.7. The maximum absolute atomic E-state index is 11.1. The van der Waals surface area contributed by atoms with Crippen LogP contribution in [-0.2, 0) is 9.84 Å². The van der Waals surface area contributed by atoms with Crippen LogP contribution >= 0.6 is 0 Å². The Balaban J connectivity index is 2.71. The van der Waals surface area contributed by atoms with Crippen LogP contribution in [0.25, 0.3) is 0 Å². The summed E-state index contributed by atoms with van der Waals surface area (Å²) in [5, 5.41) is 8.60. The maximum atomic E-state index is 11.1. The summed E-state index contributed by atoms with van der Waals surface area (Å²) in [4.78, 5) is 1.92. The standard InChI is InChI=1S/C12H16N2O2S/c1-17(15,16)11-10-14(9-5-8-13)12-6-3-2-4-7-12/h2-4,6-7H,5,9-11H2,1H3. The van der Waals surface area contributed by atoms with Crippen LogP contribution in [0.2, 0.25) is 0 Å². The van der Waals surface area contributed by atoms with Gasteiger partial charge in [0.1, 0.15) is 9.84 Å². The molecule has 0 heterocycles. The van der Waals surface area contributed by atoms with E-state index in [1.54, 1.807) is 0 Å². The van der Waals surface area contributed by atoms with Crippen molar-refractivity contribution in [1.29, 1.82) is 5.26 Å². The summed E-state index contributed by atoms with van der Waals surface area (Å²) < 4.78 is 22.3. The molecule has 17 heavy (non-hydrogen) atoms. The molecule has 0 aliphatic heterocycles. The number of nitriles is 1. The third-order valence-electron chi connectivity index (χ3n) is 2.35. The lowest BCUT2D eigenvalue weighted by Crippen LogP contribution is -2.29. The molecule has 0 saturated carbocycles. The summed E-state index contributed by atoms with van der Waals surface area (Å²) in [6.07, 6.45) is 1.61. The summed E-state index contributed by atoms with van der Waals surface area (Å²) in [7, 11) is -2.98. The van der Waals surface area contributed by atoms with Crippen molar-refractivity contribution in [2.45, 2.75) is 6.42 Å². The van der Waals surface area contributed by atoms with Crippen LogP contribution in [0, 0.1) is 11.3 Å². The zero-order chi connectivity index (χ0) is 12.7. The van der Waals surface area contributed by atoms with Gasteiger partial charge in [0, 0.05) is 25.0 Å². The molecular formula is C12H16N2O2S. The van der Waals surface area contributed by atoms with E-state index in [0.29, 0.717) is 19.5 Å². The zero-order valence-electron chi connectivity index (χ0n) is 9.83. The van der Waals surface area contributed by atoms with Crippen molar-refractivity contribution in [3.05, 3.63) is 30.3 Å². The number of sulfone groups is 1. The lowest BCUT2D eigenvalue weighted by molar-refractivity contribution is 0.600. The van der Waals surface area contributed by atoms with Gasteiger partial charge in [0.25, 0.3) is 0 Å². The fourth-order valence-corrected chi connectivity index (χ4v) is 2.02. The highest BCUT2D eigenvalue weighted by Crippen LogP contribution is 2.13. The van der Waals surface area contributed by atoms with Gasteiger partial charge in [-0.3, -0.25) is 0 Å². The number of hydrogen-bond acceptors (Lipinski definition) is 4. The number of benzene rings is 1. The SMILES string of the molecule is CS(=O)(=O)CCN(CCC#N)c1ccccc1. The van der Waals surface area contributed by atoms with Gasteiger partial charge < -0.3 is 4.90 Å². The average Bonchev–Trinajstić information content (AvgIpc) is 2.29. The Bertz CT molecular complexity index is 477. The van der Waals surface area contributed by atoms with Crippen molar-refractivity contribution < 1.29 is 8.42 Å². The van der Waals surface area contributed by atoms with E-state index in [2.05, 4.69) is 6.07 Å². The first-order chi connectivity index (χ1) is 8.03. The van der Waals surface area contributed by atoms with E-state index in [-0.39, 0.29) is 5.75 Å². The van der Waals surface area contributed by atoms with Crippen LogP contribution in [0.4, 0.5) is 5.69 Å². The predicted molar refractivity (Wildman–Crippen MR) is 68.6 cm³/mol. The Morgan fingerprint density at radius 2 is 1.88 bits per heavy atom. The highest BCUT2D eigenvalue weighted by atomic mass is 32.2. The van der Waals surface area contributed by atoms with Crippen LogP contribution in [0.3, 0.4) is 0 Å². The first-order valence-corrected chi connectivity index (χ1v) is 7.43. The van der Waals surface area contributed by atoms with E-state index in [1.165, 1.54) is 6.26 Å². The molecule has 92 valence electrons. The fraction of sp³-hybridized carbons (Fsp3) is 0.417. The van der Waals surface area contributed by atoms with E-state index in [9.17, 15) is 8.42 Å². The van der Waals surface area contributed by atoms with Gasteiger partial charge in [-0.15, -0.1) is 0 Å². The fourth-order valence-electron chi connectivity index (χ4n) is 1.47. The summed E-state index contributed by atoms with van der Waals surface area (Å²) in [6, 6.07) is 11.6. The van der Waals surface area contributed by atoms with Gasteiger partial charge in [0.15, 0.2) is 0 Å². The van der Waals surface area contributed by atoms with Crippen molar-refractivity contribution in [2.75, 3.05) is 30.0 Å². The maximum Gasteiger partial charge on any atom is 0.149 e. The largest absolute Gasteiger partial charge is 0.369 e. The second-order valence-corrected chi connectivity index (χ2v) is 6.12. The molecule has 0 radical (unpaired) electrons. The van der Waals surface area contributed by atoms with Crippen molar-refractivity contribution in [1.82, 2.24) is 0 Å². The molecule has 0 N–H and O–H groups in total. The Morgan fingerprint density at radius 3 is 2.41 bits per heavy atom. The van der Waals surface area contributed by atoms with Gasteiger partial charge in [-0.2, -0.15) is 5.26 Å². The molecule has 0 saturated heterocycles. The average molecular weight is 252 g/mol. The molecular weight excluding hydrogens is 236 g/mol. The molecule has 1 aromatic carbocycles. The second-order valence-electron chi connectivity index (χ2n) is 3.86. The van der Waals surface area contributed by atoms with Crippen LogP contribution < -0.4 is 4.90 Å². The molecule has 0 spiro atoms. The third-order valence-corrected chi connectivity index (χ3v) is 3.27. The van der Waals surface area contributed by atoms with Gasteiger partial charge in [0.2, 0.25) is 0 Å². The van der Waals surface area contributed by atoms with Gasteiger partial charge in [-0.05, 0) is 12.1 Å². The number of hydrogen-bond donors (Lipinski definition) is 0. The molecule has 0 bridgehead atoms. The molecule has 0 aliphatic carbocycles. The minimum absolute atomic E-state index is 0.104. The topological polar surface area (TPSA) is 61.2 Å². The second kappa shape index (κ2) is 6.26. The van der Waals surface area contributed by atoms with Crippen LogP contribution in [0.15, 0.2) is 30.3 Å². The first-order valence-electron chi connectivity index (χ1n) is 5.37. The third kappa shape index (κ3) is 5.36. The summed E-state index contributed by atoms with van der Waals surface area (Å²) in [5.74, 6) is 0.104. The molecule has 0 atom stereocenters. The molecule has 1 aromatic rings. The number of anilines is 1. The molecule has 1 rings (SSSR count). The molecule has 4 nitrogen and oxygen atoms in total. The Labute approximate surface area is 102 Å². The minimum Gasteiger partial charge on any atom is -0.369 e. The van der Waals surface area contributed by atoms with E-state index in [4.69, 9.17) is 5.26 Å². The molecule has 0 aliphatic rings. The molecule has 0 unspecified atom stereocenters. The van der Waals surface area contributed by atoms with Crippen LogP contribution in [-0.4, -0.2) is 33.5 Å². The number of rotatable bonds is 6. The number of nitrogens with zero attached hydrogens (tertiary/aromatic N) is 2. The lowest BCUT2D eigenvalue weighted by Gasteiger charge is -2.23. The van der Waals surface area contributed by atoms with Gasteiger partial charge in [0.05, 0.1) is 18.2 Å². The summed E-state index contributed by atoms with van der Waals surface area (Å²) in [6.45, 7) is 0.973. The van der Waals surface area contributed by atoms with Gasteiger partial charge in [-0.1, -0.05) is 18.2 Å².